The predicted molar refractivity (Wildman–Crippen MR) is 79.6 cm³/mol. The number of thiophene rings is 1. The van der Waals surface area contributed by atoms with Crippen molar-refractivity contribution in [2.24, 2.45) is 0 Å². The smallest absolute Gasteiger partial charge is 0.263 e. The van der Waals surface area contributed by atoms with Gasteiger partial charge in [-0.15, -0.1) is 11.3 Å². The number of aromatic amines is 1. The number of nitrogens with one attached hydrogen (secondary N) is 1. The number of hydrogen-bond donors (Lipinski definition) is 1. The Hall–Kier alpha value is -0.980. The molecule has 0 radical (unpaired) electrons. The van der Waals surface area contributed by atoms with Crippen molar-refractivity contribution in [2.75, 3.05) is 6.61 Å². The van der Waals surface area contributed by atoms with E-state index in [1.165, 1.54) is 4.88 Å². The summed E-state index contributed by atoms with van der Waals surface area (Å²) < 4.78 is 7.72. The molecule has 1 saturated heterocycles. The molecule has 3 heterocycles. The van der Waals surface area contributed by atoms with Gasteiger partial charge in [0.15, 0.2) is 4.77 Å². The molecule has 1 fully saturated rings. The standard InChI is InChI=1S/C13H16N2O2S2/c1-2-9-6-10-11(19-9)14-13(18)15(12(10)16)7-8-4-3-5-17-8/h6,8H,2-5,7H2,1H3,(H,14,18). The summed E-state index contributed by atoms with van der Waals surface area (Å²) in [7, 11) is 0. The average molecular weight is 296 g/mol. The maximum atomic E-state index is 12.5. The van der Waals surface area contributed by atoms with E-state index in [4.69, 9.17) is 17.0 Å². The topological polar surface area (TPSA) is 47.0 Å². The highest BCUT2D eigenvalue weighted by Crippen LogP contribution is 2.22. The molecule has 1 N–H and O–H groups in total. The molecule has 3 rings (SSSR count). The Morgan fingerprint density at radius 2 is 2.47 bits per heavy atom. The molecule has 0 amide bonds. The number of hydrogen-bond acceptors (Lipinski definition) is 4. The lowest BCUT2D eigenvalue weighted by molar-refractivity contribution is 0.0957. The van der Waals surface area contributed by atoms with Crippen LogP contribution in [0.5, 0.6) is 0 Å². The Balaban J connectivity index is 2.08. The van der Waals surface area contributed by atoms with Crippen molar-refractivity contribution < 1.29 is 4.74 Å². The van der Waals surface area contributed by atoms with Crippen LogP contribution >= 0.6 is 23.6 Å². The first kappa shape index (κ1) is 13.0. The van der Waals surface area contributed by atoms with E-state index in [-0.39, 0.29) is 11.7 Å². The maximum Gasteiger partial charge on any atom is 0.263 e. The third-order valence-electron chi connectivity index (χ3n) is 3.48. The van der Waals surface area contributed by atoms with Crippen molar-refractivity contribution in [2.45, 2.75) is 38.8 Å². The molecule has 1 aliphatic rings. The fourth-order valence-corrected chi connectivity index (χ4v) is 3.74. The summed E-state index contributed by atoms with van der Waals surface area (Å²) >= 11 is 6.92. The zero-order valence-electron chi connectivity index (χ0n) is 10.8. The Bertz CT molecular complexity index is 707. The van der Waals surface area contributed by atoms with Gasteiger partial charge in [-0.25, -0.2) is 0 Å². The molecule has 1 unspecified atom stereocenters. The quantitative estimate of drug-likeness (QED) is 0.886. The number of rotatable bonds is 3. The predicted octanol–water partition coefficient (Wildman–Crippen LogP) is 2.86. The van der Waals surface area contributed by atoms with Crippen LogP contribution in [0.4, 0.5) is 0 Å². The van der Waals surface area contributed by atoms with Gasteiger partial charge < -0.3 is 9.72 Å². The number of aromatic nitrogens is 2. The van der Waals surface area contributed by atoms with Gasteiger partial charge in [-0.2, -0.15) is 0 Å². The average Bonchev–Trinajstić information content (AvgIpc) is 3.03. The van der Waals surface area contributed by atoms with E-state index in [1.54, 1.807) is 15.9 Å². The van der Waals surface area contributed by atoms with Crippen LogP contribution in [0.3, 0.4) is 0 Å². The van der Waals surface area contributed by atoms with Gasteiger partial charge in [0.25, 0.3) is 5.56 Å². The molecule has 0 spiro atoms. The number of nitrogens with zero attached hydrogens (tertiary/aromatic N) is 1. The minimum atomic E-state index is 0.00481. The van der Waals surface area contributed by atoms with Gasteiger partial charge in [-0.05, 0) is 37.5 Å². The van der Waals surface area contributed by atoms with Crippen LogP contribution in [0.25, 0.3) is 10.2 Å². The zero-order chi connectivity index (χ0) is 13.4. The van der Waals surface area contributed by atoms with E-state index in [9.17, 15) is 4.79 Å². The second-order valence-electron chi connectivity index (χ2n) is 4.79. The fourth-order valence-electron chi connectivity index (χ4n) is 2.43. The zero-order valence-corrected chi connectivity index (χ0v) is 12.4. The van der Waals surface area contributed by atoms with Crippen molar-refractivity contribution in [1.29, 1.82) is 0 Å². The minimum Gasteiger partial charge on any atom is -0.376 e. The third kappa shape index (κ3) is 2.40. The number of ether oxygens (including phenoxy) is 1. The molecule has 102 valence electrons. The van der Waals surface area contributed by atoms with Gasteiger partial charge in [0.1, 0.15) is 4.83 Å². The summed E-state index contributed by atoms with van der Waals surface area (Å²) in [6.45, 7) is 3.43. The van der Waals surface area contributed by atoms with Gasteiger partial charge >= 0.3 is 0 Å². The Kier molecular flexibility index (Phi) is 3.56. The highest BCUT2D eigenvalue weighted by molar-refractivity contribution is 7.71. The molecule has 0 aromatic carbocycles. The van der Waals surface area contributed by atoms with Crippen LogP contribution < -0.4 is 5.56 Å². The Labute approximate surface area is 120 Å². The monoisotopic (exact) mass is 296 g/mol. The van der Waals surface area contributed by atoms with Crippen LogP contribution in [0.15, 0.2) is 10.9 Å². The lowest BCUT2D eigenvalue weighted by Crippen LogP contribution is -2.27. The first-order valence-electron chi connectivity index (χ1n) is 6.56. The first-order chi connectivity index (χ1) is 9.19. The fraction of sp³-hybridized carbons (Fsp3) is 0.538. The van der Waals surface area contributed by atoms with E-state index < -0.39 is 0 Å². The molecule has 6 heteroatoms. The van der Waals surface area contributed by atoms with E-state index in [2.05, 4.69) is 11.9 Å². The van der Waals surface area contributed by atoms with Crippen LogP contribution in [0.1, 0.15) is 24.6 Å². The molecule has 0 saturated carbocycles. The molecule has 1 aliphatic heterocycles. The highest BCUT2D eigenvalue weighted by atomic mass is 32.1. The summed E-state index contributed by atoms with van der Waals surface area (Å²) in [5.74, 6) is 0. The summed E-state index contributed by atoms with van der Waals surface area (Å²) in [6.07, 6.45) is 3.12. The van der Waals surface area contributed by atoms with Crippen LogP contribution in [-0.2, 0) is 17.7 Å². The van der Waals surface area contributed by atoms with Crippen molar-refractivity contribution >= 4 is 33.8 Å². The number of aryl methyl sites for hydroxylation is 1. The molecule has 2 aromatic rings. The van der Waals surface area contributed by atoms with Gasteiger partial charge in [0, 0.05) is 11.5 Å². The second-order valence-corrected chi connectivity index (χ2v) is 6.31. The van der Waals surface area contributed by atoms with E-state index in [0.717, 1.165) is 36.1 Å². The van der Waals surface area contributed by atoms with Gasteiger partial charge in [-0.3, -0.25) is 9.36 Å². The van der Waals surface area contributed by atoms with Crippen molar-refractivity contribution in [3.05, 3.63) is 26.1 Å². The molecular formula is C13H16N2O2S2. The van der Waals surface area contributed by atoms with Gasteiger partial charge in [0.2, 0.25) is 0 Å². The molecule has 0 bridgehead atoms. The van der Waals surface area contributed by atoms with Crippen LogP contribution in [0.2, 0.25) is 0 Å². The largest absolute Gasteiger partial charge is 0.376 e. The van der Waals surface area contributed by atoms with E-state index >= 15 is 0 Å². The second kappa shape index (κ2) is 5.19. The molecule has 2 aromatic heterocycles. The molecular weight excluding hydrogens is 280 g/mol. The Morgan fingerprint density at radius 3 is 3.16 bits per heavy atom. The molecule has 4 nitrogen and oxygen atoms in total. The number of H-pyrrole nitrogens is 1. The van der Waals surface area contributed by atoms with Crippen molar-refractivity contribution in [3.63, 3.8) is 0 Å². The molecule has 19 heavy (non-hydrogen) atoms. The summed E-state index contributed by atoms with van der Waals surface area (Å²) in [6, 6.07) is 1.97. The Morgan fingerprint density at radius 1 is 1.63 bits per heavy atom. The lowest BCUT2D eigenvalue weighted by Gasteiger charge is -2.11. The van der Waals surface area contributed by atoms with Crippen molar-refractivity contribution in [3.8, 4) is 0 Å². The SMILES string of the molecule is CCc1cc2c(=O)n(CC3CCCO3)c(=S)[nH]c2s1. The summed E-state index contributed by atoms with van der Waals surface area (Å²) in [4.78, 5) is 17.7. The van der Waals surface area contributed by atoms with Crippen molar-refractivity contribution in [1.82, 2.24) is 9.55 Å². The van der Waals surface area contributed by atoms with Crippen LogP contribution in [0, 0.1) is 4.77 Å². The van der Waals surface area contributed by atoms with Gasteiger partial charge in [-0.1, -0.05) is 6.92 Å². The lowest BCUT2D eigenvalue weighted by atomic mass is 10.2. The highest BCUT2D eigenvalue weighted by Gasteiger charge is 2.18. The minimum absolute atomic E-state index is 0.00481. The maximum absolute atomic E-state index is 12.5. The number of fused-ring (bicyclic) bond motifs is 1. The normalized spacial score (nSPS) is 19.3. The molecule has 0 aliphatic carbocycles. The molecule has 1 atom stereocenters. The summed E-state index contributed by atoms with van der Waals surface area (Å²) in [5.41, 5.74) is 0.00481. The first-order valence-corrected chi connectivity index (χ1v) is 7.78. The summed E-state index contributed by atoms with van der Waals surface area (Å²) in [5, 5.41) is 0.744. The third-order valence-corrected chi connectivity index (χ3v) is 5.00. The van der Waals surface area contributed by atoms with E-state index in [0.29, 0.717) is 11.3 Å². The van der Waals surface area contributed by atoms with E-state index in [1.807, 2.05) is 6.07 Å². The van der Waals surface area contributed by atoms with Crippen LogP contribution in [-0.4, -0.2) is 22.3 Å². The van der Waals surface area contributed by atoms with Gasteiger partial charge in [0.05, 0.1) is 18.0 Å².